The molecule has 2 saturated carbocycles. The highest BCUT2D eigenvalue weighted by atomic mass is 19.4. The van der Waals surface area contributed by atoms with Crippen LogP contribution in [0.25, 0.3) is 0 Å². The number of aromatic nitrogens is 3. The van der Waals surface area contributed by atoms with Gasteiger partial charge in [-0.15, -0.1) is 10.2 Å². The number of aryl methyl sites for hydroxylation is 1. The Balaban J connectivity index is 1.30. The molecule has 0 unspecified atom stereocenters. The predicted molar refractivity (Wildman–Crippen MR) is 143 cm³/mol. The number of benzene rings is 2. The summed E-state index contributed by atoms with van der Waals surface area (Å²) < 4.78 is 71.3. The molecule has 0 atom stereocenters. The Kier molecular flexibility index (Phi) is 6.64. The molecule has 2 aliphatic carbocycles. The van der Waals surface area contributed by atoms with Gasteiger partial charge in [0.05, 0.1) is 18.2 Å². The molecule has 3 aliphatic rings. The third-order valence-corrected chi connectivity index (χ3v) is 9.06. The molecule has 1 aliphatic heterocycles. The Morgan fingerprint density at radius 1 is 1.14 bits per heavy atom. The van der Waals surface area contributed by atoms with Crippen molar-refractivity contribution in [3.8, 4) is 6.07 Å². The number of carbonyl (C=O) groups is 1. The van der Waals surface area contributed by atoms with Gasteiger partial charge in [-0.25, -0.2) is 8.78 Å². The van der Waals surface area contributed by atoms with Gasteiger partial charge in [0.15, 0.2) is 0 Å². The minimum absolute atomic E-state index is 0.0184. The second-order valence-corrected chi connectivity index (χ2v) is 12.0. The first-order valence-corrected chi connectivity index (χ1v) is 13.7. The molecule has 1 aromatic heterocycles. The number of hydrogen-bond donors (Lipinski definition) is 0. The van der Waals surface area contributed by atoms with Crippen LogP contribution in [0.5, 0.6) is 0 Å². The molecule has 3 aromatic rings. The average Bonchev–Trinajstić information content (AvgIpc) is 3.45. The van der Waals surface area contributed by atoms with Crippen LogP contribution in [0, 0.1) is 17.2 Å². The maximum atomic E-state index is 14.2. The Bertz CT molecular complexity index is 1580. The molecular weight excluding hydrogens is 555 g/mol. The number of anilines is 1. The quantitative estimate of drug-likeness (QED) is 0.336. The van der Waals surface area contributed by atoms with E-state index in [4.69, 9.17) is 0 Å². The smallest absolute Gasteiger partial charge is 0.321 e. The van der Waals surface area contributed by atoms with Crippen molar-refractivity contribution < 1.29 is 26.7 Å². The summed E-state index contributed by atoms with van der Waals surface area (Å²) in [4.78, 5) is 16.6. The molecule has 0 spiro atoms. The van der Waals surface area contributed by atoms with E-state index in [9.17, 15) is 32.0 Å². The molecule has 0 bridgehead atoms. The number of nitriles is 1. The first kappa shape index (κ1) is 28.3. The van der Waals surface area contributed by atoms with Crippen molar-refractivity contribution in [1.82, 2.24) is 19.7 Å². The molecule has 7 nitrogen and oxygen atoms in total. The van der Waals surface area contributed by atoms with Crippen molar-refractivity contribution in [3.63, 3.8) is 0 Å². The monoisotopic (exact) mass is 584 g/mol. The number of fused-ring (bicyclic) bond motifs is 1. The van der Waals surface area contributed by atoms with Gasteiger partial charge in [0.1, 0.15) is 12.2 Å². The molecule has 0 radical (unpaired) electrons. The molecule has 0 N–H and O–H groups in total. The first-order chi connectivity index (χ1) is 19.8. The summed E-state index contributed by atoms with van der Waals surface area (Å²) in [5, 5.41) is 17.6. The standard InChI is InChI=1S/C30H29F5N6O/c1-39(22-11-29(31,32)12-22)15-18-6-23-24(25(7-18)30(33,34)35)16-41(27(23)42)21-5-3-4-20(8-21)28(9-19(10-28)14-36)13-26-38-37-17-40(26)2/h3-8,17,19,22H,9-13,15-16H2,1-2H3. The van der Waals surface area contributed by atoms with Crippen LogP contribution in [0.15, 0.2) is 42.7 Å². The van der Waals surface area contributed by atoms with Gasteiger partial charge < -0.3 is 9.47 Å². The third-order valence-electron chi connectivity index (χ3n) is 9.06. The molecule has 2 heterocycles. The van der Waals surface area contributed by atoms with Gasteiger partial charge >= 0.3 is 6.18 Å². The maximum absolute atomic E-state index is 14.2. The van der Waals surface area contributed by atoms with E-state index in [1.165, 1.54) is 11.0 Å². The van der Waals surface area contributed by atoms with Crippen LogP contribution in [-0.2, 0) is 38.1 Å². The lowest BCUT2D eigenvalue weighted by molar-refractivity contribution is -0.138. The summed E-state index contributed by atoms with van der Waals surface area (Å²) in [6.45, 7) is -0.223. The second kappa shape index (κ2) is 9.87. The van der Waals surface area contributed by atoms with E-state index in [2.05, 4.69) is 16.3 Å². The average molecular weight is 585 g/mol. The zero-order chi connectivity index (χ0) is 30.0. The van der Waals surface area contributed by atoms with E-state index in [-0.39, 0.29) is 48.5 Å². The molecule has 0 saturated heterocycles. The lowest BCUT2D eigenvalue weighted by Crippen LogP contribution is -2.48. The molecule has 42 heavy (non-hydrogen) atoms. The third kappa shape index (κ3) is 4.93. The molecule has 1 amide bonds. The predicted octanol–water partition coefficient (Wildman–Crippen LogP) is 5.64. The van der Waals surface area contributed by atoms with Gasteiger partial charge in [-0.2, -0.15) is 18.4 Å². The summed E-state index contributed by atoms with van der Waals surface area (Å²) >= 11 is 0. The van der Waals surface area contributed by atoms with Gasteiger partial charge in [0.2, 0.25) is 0 Å². The molecular formula is C30H29F5N6O. The molecule has 12 heteroatoms. The number of halogens is 5. The van der Waals surface area contributed by atoms with Crippen molar-refractivity contribution in [2.24, 2.45) is 13.0 Å². The van der Waals surface area contributed by atoms with Crippen molar-refractivity contribution >= 4 is 11.6 Å². The van der Waals surface area contributed by atoms with Crippen molar-refractivity contribution in [1.29, 1.82) is 5.26 Å². The lowest BCUT2D eigenvalue weighted by atomic mass is 9.57. The number of carbonyl (C=O) groups excluding carboxylic acids is 1. The Morgan fingerprint density at radius 2 is 1.88 bits per heavy atom. The Labute approximate surface area is 239 Å². The highest BCUT2D eigenvalue weighted by Gasteiger charge is 2.48. The van der Waals surface area contributed by atoms with Crippen molar-refractivity contribution in [2.45, 2.75) is 68.7 Å². The van der Waals surface area contributed by atoms with E-state index in [0.717, 1.165) is 17.5 Å². The molecule has 6 rings (SSSR count). The summed E-state index contributed by atoms with van der Waals surface area (Å²) in [7, 11) is 3.44. The van der Waals surface area contributed by atoms with Crippen LogP contribution in [0.3, 0.4) is 0 Å². The van der Waals surface area contributed by atoms with Crippen LogP contribution in [0.2, 0.25) is 0 Å². The van der Waals surface area contributed by atoms with Gasteiger partial charge in [-0.3, -0.25) is 9.69 Å². The Hall–Kier alpha value is -3.85. The molecule has 220 valence electrons. The van der Waals surface area contributed by atoms with Crippen LogP contribution in [0.1, 0.15) is 64.1 Å². The fraction of sp³-hybridized carbons (Fsp3) is 0.467. The van der Waals surface area contributed by atoms with Crippen LogP contribution >= 0.6 is 0 Å². The number of rotatable bonds is 7. The van der Waals surface area contributed by atoms with Crippen LogP contribution in [0.4, 0.5) is 27.6 Å². The second-order valence-electron chi connectivity index (χ2n) is 12.0. The number of nitrogens with zero attached hydrogens (tertiary/aromatic N) is 6. The normalized spacial score (nSPS) is 23.5. The van der Waals surface area contributed by atoms with Crippen molar-refractivity contribution in [2.75, 3.05) is 11.9 Å². The minimum Gasteiger partial charge on any atom is -0.321 e. The topological polar surface area (TPSA) is 78.1 Å². The summed E-state index contributed by atoms with van der Waals surface area (Å²) in [6, 6.07) is 11.6. The summed E-state index contributed by atoms with van der Waals surface area (Å²) in [5.74, 6) is -2.67. The first-order valence-electron chi connectivity index (χ1n) is 13.7. The SMILES string of the molecule is CN(Cc1cc2c(c(C(F)(F)F)c1)CN(c1cccc(C3(Cc4nncn4C)CC(C#N)C3)c1)C2=O)C1CC(F)(F)C1. The largest absolute Gasteiger partial charge is 0.416 e. The van der Waals surface area contributed by atoms with Crippen LogP contribution < -0.4 is 4.90 Å². The number of amides is 1. The lowest BCUT2D eigenvalue weighted by Gasteiger charge is -2.45. The molecule has 2 aromatic carbocycles. The zero-order valence-corrected chi connectivity index (χ0v) is 23.1. The van der Waals surface area contributed by atoms with E-state index in [1.807, 2.05) is 23.7 Å². The van der Waals surface area contributed by atoms with E-state index in [1.54, 1.807) is 30.4 Å². The zero-order valence-electron chi connectivity index (χ0n) is 23.1. The Morgan fingerprint density at radius 3 is 2.50 bits per heavy atom. The maximum Gasteiger partial charge on any atom is 0.416 e. The van der Waals surface area contributed by atoms with Gasteiger partial charge in [-0.05, 0) is 60.8 Å². The van der Waals surface area contributed by atoms with Gasteiger partial charge in [0.25, 0.3) is 11.8 Å². The highest BCUT2D eigenvalue weighted by molar-refractivity contribution is 6.10. The van der Waals surface area contributed by atoms with E-state index >= 15 is 0 Å². The van der Waals surface area contributed by atoms with E-state index in [0.29, 0.717) is 24.9 Å². The van der Waals surface area contributed by atoms with E-state index < -0.39 is 35.0 Å². The summed E-state index contributed by atoms with van der Waals surface area (Å²) in [6.07, 6.45) is -2.05. The fourth-order valence-corrected chi connectivity index (χ4v) is 6.61. The highest BCUT2D eigenvalue weighted by Crippen LogP contribution is 2.50. The number of alkyl halides is 5. The van der Waals surface area contributed by atoms with Crippen LogP contribution in [-0.4, -0.2) is 44.6 Å². The van der Waals surface area contributed by atoms with Gasteiger partial charge in [0, 0.05) is 61.5 Å². The van der Waals surface area contributed by atoms with Gasteiger partial charge in [-0.1, -0.05) is 12.1 Å². The molecule has 2 fully saturated rings. The summed E-state index contributed by atoms with van der Waals surface area (Å²) in [5.41, 5.74) is 0.177. The number of hydrogen-bond acceptors (Lipinski definition) is 5. The minimum atomic E-state index is -4.70. The fourth-order valence-electron chi connectivity index (χ4n) is 6.61. The van der Waals surface area contributed by atoms with Crippen molar-refractivity contribution in [3.05, 3.63) is 76.4 Å².